The van der Waals surface area contributed by atoms with Gasteiger partial charge in [-0.3, -0.25) is 19.4 Å². The Morgan fingerprint density at radius 3 is 2.32 bits per heavy atom. The molecule has 4 nitrogen and oxygen atoms in total. The number of benzene rings is 1. The number of imide groups is 1. The fraction of sp³-hybridized carbons (Fsp3) is 0.429. The Labute approximate surface area is 110 Å². The highest BCUT2D eigenvalue weighted by Gasteiger charge is 2.50. The Kier molecular flexibility index (Phi) is 2.86. The molecule has 0 aromatic heterocycles. The van der Waals surface area contributed by atoms with Gasteiger partial charge in [0, 0.05) is 32.2 Å². The third kappa shape index (κ3) is 1.94. The largest absolute Gasteiger partial charge is 0.297 e. The summed E-state index contributed by atoms with van der Waals surface area (Å²) in [6.07, 6.45) is 0. The topological polar surface area (TPSA) is 40.6 Å². The molecule has 2 atom stereocenters. The number of hydrogen-bond donors (Lipinski definition) is 0. The molecule has 2 fully saturated rings. The zero-order valence-electron chi connectivity index (χ0n) is 10.7. The lowest BCUT2D eigenvalue weighted by atomic mass is 10.00. The predicted molar refractivity (Wildman–Crippen MR) is 66.4 cm³/mol. The van der Waals surface area contributed by atoms with E-state index < -0.39 is 0 Å². The third-order valence-electron chi connectivity index (χ3n) is 4.04. The molecule has 2 saturated heterocycles. The zero-order valence-corrected chi connectivity index (χ0v) is 10.7. The lowest BCUT2D eigenvalue weighted by Crippen LogP contribution is -2.33. The number of likely N-dealkylation sites (tertiary alicyclic amines) is 2. The van der Waals surface area contributed by atoms with E-state index in [9.17, 15) is 14.0 Å². The van der Waals surface area contributed by atoms with Crippen LogP contribution in [0.5, 0.6) is 0 Å². The number of fused-ring (bicyclic) bond motifs is 1. The molecule has 1 aromatic rings. The first-order valence-electron chi connectivity index (χ1n) is 6.35. The summed E-state index contributed by atoms with van der Waals surface area (Å²) in [4.78, 5) is 26.9. The van der Waals surface area contributed by atoms with Gasteiger partial charge in [-0.25, -0.2) is 4.39 Å². The minimum atomic E-state index is -0.246. The summed E-state index contributed by atoms with van der Waals surface area (Å²) in [5.41, 5.74) is 0.607. The summed E-state index contributed by atoms with van der Waals surface area (Å²) in [6, 6.07) is 6.61. The van der Waals surface area contributed by atoms with E-state index in [4.69, 9.17) is 0 Å². The number of carbonyl (C=O) groups excluding carboxylic acids is 2. The Balaban J connectivity index is 1.73. The Hall–Kier alpha value is -1.75. The van der Waals surface area contributed by atoms with E-state index in [1.165, 1.54) is 18.0 Å². The van der Waals surface area contributed by atoms with Gasteiger partial charge in [-0.1, -0.05) is 18.2 Å². The van der Waals surface area contributed by atoms with E-state index in [0.717, 1.165) is 0 Å². The van der Waals surface area contributed by atoms with Gasteiger partial charge < -0.3 is 0 Å². The molecule has 2 aliphatic heterocycles. The van der Waals surface area contributed by atoms with Crippen LogP contribution in [0, 0.1) is 17.7 Å². The second-order valence-corrected chi connectivity index (χ2v) is 5.23. The third-order valence-corrected chi connectivity index (χ3v) is 4.04. The SMILES string of the molecule is CN1C(=O)[C@H]2CN(Cc3ccccc3F)C[C@H]2C1=O. The molecule has 0 aliphatic carbocycles. The predicted octanol–water partition coefficient (Wildman–Crippen LogP) is 0.872. The van der Waals surface area contributed by atoms with Gasteiger partial charge in [0.2, 0.25) is 11.8 Å². The maximum Gasteiger partial charge on any atom is 0.234 e. The van der Waals surface area contributed by atoms with Gasteiger partial charge in [0.05, 0.1) is 11.8 Å². The van der Waals surface area contributed by atoms with E-state index in [1.807, 2.05) is 4.90 Å². The first-order chi connectivity index (χ1) is 9.08. The molecule has 3 rings (SSSR count). The van der Waals surface area contributed by atoms with Crippen molar-refractivity contribution >= 4 is 11.8 Å². The number of amides is 2. The second-order valence-electron chi connectivity index (χ2n) is 5.23. The monoisotopic (exact) mass is 262 g/mol. The molecule has 100 valence electrons. The average molecular weight is 262 g/mol. The Morgan fingerprint density at radius 2 is 1.74 bits per heavy atom. The summed E-state index contributed by atoms with van der Waals surface area (Å²) in [6.45, 7) is 1.52. The molecule has 0 N–H and O–H groups in total. The molecule has 0 saturated carbocycles. The molecule has 19 heavy (non-hydrogen) atoms. The van der Waals surface area contributed by atoms with Crippen molar-refractivity contribution in [2.24, 2.45) is 11.8 Å². The maximum absolute atomic E-state index is 13.6. The first-order valence-corrected chi connectivity index (χ1v) is 6.35. The van der Waals surface area contributed by atoms with Crippen LogP contribution in [-0.4, -0.2) is 41.8 Å². The van der Waals surface area contributed by atoms with Crippen LogP contribution in [0.2, 0.25) is 0 Å². The Bertz CT molecular complexity index is 522. The summed E-state index contributed by atoms with van der Waals surface area (Å²) >= 11 is 0. The van der Waals surface area contributed by atoms with Gasteiger partial charge >= 0.3 is 0 Å². The van der Waals surface area contributed by atoms with Crippen molar-refractivity contribution in [3.05, 3.63) is 35.6 Å². The van der Waals surface area contributed by atoms with E-state index in [1.54, 1.807) is 18.2 Å². The summed E-state index contributed by atoms with van der Waals surface area (Å²) < 4.78 is 13.6. The van der Waals surface area contributed by atoms with Crippen molar-refractivity contribution in [3.8, 4) is 0 Å². The number of nitrogens with zero attached hydrogens (tertiary/aromatic N) is 2. The van der Waals surface area contributed by atoms with Crippen molar-refractivity contribution in [2.45, 2.75) is 6.54 Å². The number of carbonyl (C=O) groups is 2. The molecular formula is C14H15FN2O2. The van der Waals surface area contributed by atoms with Crippen LogP contribution in [0.25, 0.3) is 0 Å². The first kappa shape index (κ1) is 12.3. The summed E-state index contributed by atoms with van der Waals surface area (Å²) in [5, 5.41) is 0. The summed E-state index contributed by atoms with van der Waals surface area (Å²) in [7, 11) is 1.53. The number of rotatable bonds is 2. The van der Waals surface area contributed by atoms with Gasteiger partial charge in [0.15, 0.2) is 0 Å². The van der Waals surface area contributed by atoms with Crippen LogP contribution in [0.1, 0.15) is 5.56 Å². The highest BCUT2D eigenvalue weighted by Crippen LogP contribution is 2.33. The van der Waals surface area contributed by atoms with Crippen molar-refractivity contribution < 1.29 is 14.0 Å². The molecule has 2 amide bonds. The van der Waals surface area contributed by atoms with Crippen molar-refractivity contribution in [1.29, 1.82) is 0 Å². The highest BCUT2D eigenvalue weighted by atomic mass is 19.1. The molecule has 2 aliphatic rings. The van der Waals surface area contributed by atoms with Gasteiger partial charge in [-0.2, -0.15) is 0 Å². The molecular weight excluding hydrogens is 247 g/mol. The van der Waals surface area contributed by atoms with Crippen molar-refractivity contribution in [2.75, 3.05) is 20.1 Å². The van der Waals surface area contributed by atoms with Crippen LogP contribution >= 0.6 is 0 Å². The minimum Gasteiger partial charge on any atom is -0.297 e. The lowest BCUT2D eigenvalue weighted by Gasteiger charge is -2.18. The van der Waals surface area contributed by atoms with Crippen LogP contribution in [0.4, 0.5) is 4.39 Å². The fourth-order valence-electron chi connectivity index (χ4n) is 2.99. The zero-order chi connectivity index (χ0) is 13.6. The molecule has 0 bridgehead atoms. The van der Waals surface area contributed by atoms with Crippen LogP contribution < -0.4 is 0 Å². The molecule has 0 spiro atoms. The van der Waals surface area contributed by atoms with E-state index in [-0.39, 0.29) is 29.5 Å². The van der Waals surface area contributed by atoms with Crippen molar-refractivity contribution in [1.82, 2.24) is 9.80 Å². The smallest absolute Gasteiger partial charge is 0.234 e. The second kappa shape index (κ2) is 4.42. The van der Waals surface area contributed by atoms with Gasteiger partial charge in [-0.05, 0) is 6.07 Å². The Morgan fingerprint density at radius 1 is 1.16 bits per heavy atom. The molecule has 1 aromatic carbocycles. The minimum absolute atomic E-state index is 0.106. The number of halogens is 1. The highest BCUT2D eigenvalue weighted by molar-refractivity contribution is 6.05. The van der Waals surface area contributed by atoms with Crippen LogP contribution in [0.3, 0.4) is 0 Å². The van der Waals surface area contributed by atoms with Crippen molar-refractivity contribution in [3.63, 3.8) is 0 Å². The lowest BCUT2D eigenvalue weighted by molar-refractivity contribution is -0.138. The molecule has 5 heteroatoms. The normalized spacial score (nSPS) is 27.2. The standard InChI is InChI=1S/C14H15FN2O2/c1-16-13(18)10-7-17(8-11(10)14(16)19)6-9-4-2-3-5-12(9)15/h2-5,10-11H,6-8H2,1H3/t10-,11+. The van der Waals surface area contributed by atoms with Gasteiger partial charge in [0.25, 0.3) is 0 Å². The molecule has 2 heterocycles. The van der Waals surface area contributed by atoms with Gasteiger partial charge in [-0.15, -0.1) is 0 Å². The van der Waals surface area contributed by atoms with Gasteiger partial charge in [0.1, 0.15) is 5.82 Å². The quantitative estimate of drug-likeness (QED) is 0.743. The fourth-order valence-corrected chi connectivity index (χ4v) is 2.99. The van der Waals surface area contributed by atoms with Crippen LogP contribution in [-0.2, 0) is 16.1 Å². The molecule has 0 unspecified atom stereocenters. The van der Waals surface area contributed by atoms with E-state index in [0.29, 0.717) is 25.2 Å². The number of hydrogen-bond acceptors (Lipinski definition) is 3. The van der Waals surface area contributed by atoms with E-state index in [2.05, 4.69) is 0 Å². The van der Waals surface area contributed by atoms with Crippen LogP contribution in [0.15, 0.2) is 24.3 Å². The average Bonchev–Trinajstić information content (AvgIpc) is 2.89. The summed E-state index contributed by atoms with van der Waals surface area (Å²) in [5.74, 6) is -0.944. The van der Waals surface area contributed by atoms with E-state index >= 15 is 0 Å². The molecule has 0 radical (unpaired) electrons. The maximum atomic E-state index is 13.6.